The molecule has 7 heteroatoms. The highest BCUT2D eigenvalue weighted by Crippen LogP contribution is 2.49. The van der Waals surface area contributed by atoms with Crippen LogP contribution in [0.5, 0.6) is 0 Å². The van der Waals surface area contributed by atoms with Crippen molar-refractivity contribution in [2.24, 2.45) is 0 Å². The Morgan fingerprint density at radius 2 is 1.82 bits per heavy atom. The molecular weight excluding hydrogens is 374 g/mol. The van der Waals surface area contributed by atoms with Gasteiger partial charge < -0.3 is 9.64 Å². The first-order valence-corrected chi connectivity index (χ1v) is 8.98. The summed E-state index contributed by atoms with van der Waals surface area (Å²) in [5, 5.41) is 0. The van der Waals surface area contributed by atoms with Crippen molar-refractivity contribution >= 4 is 5.97 Å². The lowest BCUT2D eigenvalue weighted by molar-refractivity contribution is -0.138. The molecule has 3 rings (SSSR count). The Morgan fingerprint density at radius 1 is 1.14 bits per heavy atom. The predicted octanol–water partition coefficient (Wildman–Crippen LogP) is 5.16. The van der Waals surface area contributed by atoms with Crippen molar-refractivity contribution in [2.75, 3.05) is 20.7 Å². The lowest BCUT2D eigenvalue weighted by Gasteiger charge is -2.21. The van der Waals surface area contributed by atoms with Crippen molar-refractivity contribution in [3.63, 3.8) is 0 Å². The zero-order valence-electron chi connectivity index (χ0n) is 15.8. The molecule has 2 aromatic carbocycles. The number of hydrogen-bond donors (Lipinski definition) is 0. The number of carbonyl (C=O) groups excluding carboxylic acids is 1. The quantitative estimate of drug-likeness (QED) is 0.529. The van der Waals surface area contributed by atoms with Crippen LogP contribution in [0.15, 0.2) is 36.4 Å². The van der Waals surface area contributed by atoms with Crippen LogP contribution in [0.4, 0.5) is 17.6 Å². The van der Waals surface area contributed by atoms with Crippen molar-refractivity contribution < 1.29 is 27.1 Å². The summed E-state index contributed by atoms with van der Waals surface area (Å²) < 4.78 is 60.1. The number of esters is 1. The van der Waals surface area contributed by atoms with Gasteiger partial charge in [0.2, 0.25) is 0 Å². The van der Waals surface area contributed by atoms with Gasteiger partial charge in [-0.3, -0.25) is 0 Å². The van der Waals surface area contributed by atoms with Crippen molar-refractivity contribution in [3.05, 3.63) is 70.0 Å². The van der Waals surface area contributed by atoms with Gasteiger partial charge >= 0.3 is 12.1 Å². The van der Waals surface area contributed by atoms with Crippen molar-refractivity contribution in [1.29, 1.82) is 0 Å². The predicted molar refractivity (Wildman–Crippen MR) is 96.7 cm³/mol. The largest absolute Gasteiger partial charge is 0.462 e. The van der Waals surface area contributed by atoms with Gasteiger partial charge in [-0.15, -0.1) is 0 Å². The maximum Gasteiger partial charge on any atom is 0.416 e. The summed E-state index contributed by atoms with van der Waals surface area (Å²) in [6.07, 6.45) is -4.14. The van der Waals surface area contributed by atoms with Crippen LogP contribution in [0.25, 0.3) is 0 Å². The van der Waals surface area contributed by atoms with Crippen LogP contribution >= 0.6 is 0 Å². The average molecular weight is 395 g/mol. The molecule has 0 heterocycles. The van der Waals surface area contributed by atoms with Crippen molar-refractivity contribution in [1.82, 2.24) is 4.90 Å². The maximum atomic E-state index is 14.6. The highest BCUT2D eigenvalue weighted by Gasteiger charge is 2.40. The second-order valence-electron chi connectivity index (χ2n) is 7.03. The molecule has 0 saturated carbocycles. The van der Waals surface area contributed by atoms with E-state index in [4.69, 9.17) is 4.74 Å². The van der Waals surface area contributed by atoms with E-state index in [2.05, 4.69) is 0 Å². The number of benzene rings is 2. The molecule has 2 atom stereocenters. The Hall–Kier alpha value is -2.41. The van der Waals surface area contributed by atoms with Gasteiger partial charge in [-0.05, 0) is 62.3 Å². The number of carbonyl (C=O) groups is 1. The lowest BCUT2D eigenvalue weighted by Crippen LogP contribution is -2.18. The highest BCUT2D eigenvalue weighted by molar-refractivity contribution is 5.90. The van der Waals surface area contributed by atoms with Gasteiger partial charge in [0.05, 0.1) is 17.7 Å². The van der Waals surface area contributed by atoms with E-state index in [9.17, 15) is 22.4 Å². The van der Waals surface area contributed by atoms with Gasteiger partial charge in [0.25, 0.3) is 0 Å². The minimum Gasteiger partial charge on any atom is -0.462 e. The molecule has 150 valence electrons. The lowest BCUT2D eigenvalue weighted by atomic mass is 9.88. The summed E-state index contributed by atoms with van der Waals surface area (Å²) in [4.78, 5) is 13.9. The van der Waals surface area contributed by atoms with E-state index < -0.39 is 29.4 Å². The average Bonchev–Trinajstić information content (AvgIpc) is 2.99. The highest BCUT2D eigenvalue weighted by atomic mass is 19.4. The molecule has 0 saturated heterocycles. The molecule has 28 heavy (non-hydrogen) atoms. The third kappa shape index (κ3) is 3.63. The zero-order valence-corrected chi connectivity index (χ0v) is 15.8. The smallest absolute Gasteiger partial charge is 0.416 e. The SMILES string of the molecule is CCOC(=O)c1cc2c(cc1F)[C@H](N(C)C)C[C@H]2c1ccccc1C(F)(F)F. The van der Waals surface area contributed by atoms with Crippen LogP contribution in [0.2, 0.25) is 0 Å². The molecule has 0 amide bonds. The fourth-order valence-electron chi connectivity index (χ4n) is 3.88. The number of fused-ring (bicyclic) bond motifs is 1. The number of ether oxygens (including phenoxy) is 1. The van der Waals surface area contributed by atoms with Crippen molar-refractivity contribution in [2.45, 2.75) is 31.5 Å². The molecule has 0 radical (unpaired) electrons. The van der Waals surface area contributed by atoms with Crippen LogP contribution in [0.1, 0.15) is 57.9 Å². The van der Waals surface area contributed by atoms with E-state index in [1.807, 2.05) is 4.90 Å². The number of rotatable bonds is 4. The molecule has 0 unspecified atom stereocenters. The zero-order chi connectivity index (χ0) is 20.6. The van der Waals surface area contributed by atoms with E-state index in [1.54, 1.807) is 27.1 Å². The van der Waals surface area contributed by atoms with Gasteiger partial charge in [-0.2, -0.15) is 13.2 Å². The molecule has 1 aliphatic carbocycles. The maximum absolute atomic E-state index is 14.6. The standard InChI is InChI=1S/C21H21F4NO2/c1-4-28-20(27)16-9-13-14(11-19(26(2)3)15(13)10-18(16)22)12-7-5-6-8-17(12)21(23,24)25/h5-10,14,19H,4,11H2,1-3H3/t14-,19+/m0/s1. The second kappa shape index (κ2) is 7.54. The molecule has 0 N–H and O–H groups in total. The molecular formula is C21H21F4NO2. The van der Waals surface area contributed by atoms with Crippen LogP contribution in [-0.2, 0) is 10.9 Å². The molecule has 3 nitrogen and oxygen atoms in total. The first kappa shape index (κ1) is 20.3. The van der Waals surface area contributed by atoms with E-state index in [-0.39, 0.29) is 23.8 Å². The number of nitrogens with zero attached hydrogens (tertiary/aromatic N) is 1. The van der Waals surface area contributed by atoms with E-state index >= 15 is 0 Å². The molecule has 0 fully saturated rings. The molecule has 0 bridgehead atoms. The van der Waals surface area contributed by atoms with Crippen LogP contribution in [0.3, 0.4) is 0 Å². The summed E-state index contributed by atoms with van der Waals surface area (Å²) in [6.45, 7) is 1.68. The minimum atomic E-state index is -4.50. The Morgan fingerprint density at radius 3 is 2.43 bits per heavy atom. The third-order valence-electron chi connectivity index (χ3n) is 5.13. The van der Waals surface area contributed by atoms with E-state index in [0.717, 1.165) is 6.07 Å². The van der Waals surface area contributed by atoms with Gasteiger partial charge in [0.15, 0.2) is 0 Å². The normalized spacial score (nSPS) is 19.0. The molecule has 2 aromatic rings. The van der Waals surface area contributed by atoms with E-state index in [0.29, 0.717) is 17.5 Å². The summed E-state index contributed by atoms with van der Waals surface area (Å²) in [5.41, 5.74) is 0.279. The molecule has 0 spiro atoms. The Labute approximate surface area is 160 Å². The fourth-order valence-corrected chi connectivity index (χ4v) is 3.88. The third-order valence-corrected chi connectivity index (χ3v) is 5.13. The number of hydrogen-bond acceptors (Lipinski definition) is 3. The van der Waals surface area contributed by atoms with E-state index in [1.165, 1.54) is 24.3 Å². The van der Waals surface area contributed by atoms with Gasteiger partial charge in [0, 0.05) is 12.0 Å². The van der Waals surface area contributed by atoms with Crippen LogP contribution in [0, 0.1) is 5.82 Å². The van der Waals surface area contributed by atoms with Gasteiger partial charge in [0.1, 0.15) is 5.82 Å². The topological polar surface area (TPSA) is 29.5 Å². The summed E-state index contributed by atoms with van der Waals surface area (Å²) >= 11 is 0. The van der Waals surface area contributed by atoms with Crippen LogP contribution < -0.4 is 0 Å². The summed E-state index contributed by atoms with van der Waals surface area (Å²) in [5.74, 6) is -2.15. The number of halogens is 4. The van der Waals surface area contributed by atoms with Crippen molar-refractivity contribution in [3.8, 4) is 0 Å². The number of alkyl halides is 3. The van der Waals surface area contributed by atoms with Gasteiger partial charge in [-0.25, -0.2) is 9.18 Å². The Bertz CT molecular complexity index is 892. The first-order valence-electron chi connectivity index (χ1n) is 8.98. The minimum absolute atomic E-state index is 0.0794. The molecule has 0 aliphatic heterocycles. The molecule has 0 aromatic heterocycles. The molecule has 1 aliphatic rings. The summed E-state index contributed by atoms with van der Waals surface area (Å²) in [7, 11) is 3.59. The van der Waals surface area contributed by atoms with Crippen LogP contribution in [-0.4, -0.2) is 31.6 Å². The summed E-state index contributed by atoms with van der Waals surface area (Å²) in [6, 6.07) is 7.75. The Balaban J connectivity index is 2.18. The monoisotopic (exact) mass is 395 g/mol. The Kier molecular flexibility index (Phi) is 5.48. The fraction of sp³-hybridized carbons (Fsp3) is 0.381. The second-order valence-corrected chi connectivity index (χ2v) is 7.03. The van der Waals surface area contributed by atoms with Gasteiger partial charge in [-0.1, -0.05) is 18.2 Å². The first-order chi connectivity index (χ1) is 13.1.